The van der Waals surface area contributed by atoms with Crippen molar-refractivity contribution in [2.75, 3.05) is 13.7 Å². The number of rotatable bonds is 5. The van der Waals surface area contributed by atoms with Crippen LogP contribution in [-0.4, -0.2) is 18.3 Å². The molecule has 1 aromatic carbocycles. The number of hydrogen-bond donors (Lipinski definition) is 1. The first kappa shape index (κ1) is 16.5. The first-order chi connectivity index (χ1) is 10.3. The Morgan fingerprint density at radius 2 is 1.77 bits per heavy atom. The van der Waals surface area contributed by atoms with Gasteiger partial charge < -0.3 is 15.0 Å². The Bertz CT molecular complexity index is 695. The Kier molecular flexibility index (Phi) is 4.84. The minimum Gasteiger partial charge on any atom is -0.383 e. The molecule has 0 fully saturated rings. The standard InChI is InChI=1S/C18H24N2O2/c1-13-5-7-14(8-6-13)16-10-9-15(18(2,3)19)17(21)20(16)11-12-22-4/h5-10H,11-12,19H2,1-4H3. The van der Waals surface area contributed by atoms with Crippen molar-refractivity contribution in [3.8, 4) is 11.3 Å². The number of nitrogens with two attached hydrogens (primary N) is 1. The maximum Gasteiger partial charge on any atom is 0.256 e. The van der Waals surface area contributed by atoms with Crippen molar-refractivity contribution in [2.24, 2.45) is 5.73 Å². The Balaban J connectivity index is 2.61. The average Bonchev–Trinajstić information content (AvgIpc) is 2.45. The van der Waals surface area contributed by atoms with Gasteiger partial charge >= 0.3 is 0 Å². The van der Waals surface area contributed by atoms with Gasteiger partial charge in [0.25, 0.3) is 5.56 Å². The second-order valence-electron chi connectivity index (χ2n) is 6.17. The normalized spacial score (nSPS) is 11.7. The molecule has 0 amide bonds. The summed E-state index contributed by atoms with van der Waals surface area (Å²) in [5.74, 6) is 0. The first-order valence-electron chi connectivity index (χ1n) is 7.44. The molecule has 0 radical (unpaired) electrons. The van der Waals surface area contributed by atoms with Gasteiger partial charge in [0.2, 0.25) is 0 Å². The van der Waals surface area contributed by atoms with Crippen molar-refractivity contribution in [1.29, 1.82) is 0 Å². The lowest BCUT2D eigenvalue weighted by atomic mass is 9.96. The largest absolute Gasteiger partial charge is 0.383 e. The maximum absolute atomic E-state index is 12.8. The summed E-state index contributed by atoms with van der Waals surface area (Å²) in [7, 11) is 1.63. The fourth-order valence-corrected chi connectivity index (χ4v) is 2.45. The number of nitrogens with zero attached hydrogens (tertiary/aromatic N) is 1. The van der Waals surface area contributed by atoms with E-state index in [2.05, 4.69) is 0 Å². The predicted molar refractivity (Wildman–Crippen MR) is 90.0 cm³/mol. The molecule has 118 valence electrons. The summed E-state index contributed by atoms with van der Waals surface area (Å²) >= 11 is 0. The Morgan fingerprint density at radius 1 is 1.14 bits per heavy atom. The Labute approximate surface area is 131 Å². The van der Waals surface area contributed by atoms with Crippen LogP contribution in [0.25, 0.3) is 11.3 Å². The molecule has 0 bridgehead atoms. The van der Waals surface area contributed by atoms with Gasteiger partial charge in [-0.2, -0.15) is 0 Å². The van der Waals surface area contributed by atoms with Crippen molar-refractivity contribution in [2.45, 2.75) is 32.9 Å². The van der Waals surface area contributed by atoms with E-state index in [9.17, 15) is 4.79 Å². The van der Waals surface area contributed by atoms with Gasteiger partial charge in [-0.25, -0.2) is 0 Å². The van der Waals surface area contributed by atoms with Crippen LogP contribution in [-0.2, 0) is 16.8 Å². The van der Waals surface area contributed by atoms with Gasteiger partial charge in [0, 0.05) is 24.8 Å². The maximum atomic E-state index is 12.8. The van der Waals surface area contributed by atoms with Crippen LogP contribution in [0.4, 0.5) is 0 Å². The topological polar surface area (TPSA) is 57.2 Å². The number of hydrogen-bond acceptors (Lipinski definition) is 3. The van der Waals surface area contributed by atoms with Gasteiger partial charge in [0.1, 0.15) is 0 Å². The van der Waals surface area contributed by atoms with Crippen LogP contribution in [0.1, 0.15) is 25.0 Å². The number of aromatic nitrogens is 1. The highest BCUT2D eigenvalue weighted by Gasteiger charge is 2.21. The molecule has 22 heavy (non-hydrogen) atoms. The quantitative estimate of drug-likeness (QED) is 0.923. The van der Waals surface area contributed by atoms with Crippen LogP contribution in [0.5, 0.6) is 0 Å². The molecule has 4 nitrogen and oxygen atoms in total. The molecule has 2 aromatic rings. The molecule has 0 spiro atoms. The summed E-state index contributed by atoms with van der Waals surface area (Å²) in [6.45, 7) is 6.71. The lowest BCUT2D eigenvalue weighted by Gasteiger charge is -2.22. The molecular formula is C18H24N2O2. The minimum absolute atomic E-state index is 0.0531. The molecule has 1 aromatic heterocycles. The summed E-state index contributed by atoms with van der Waals surface area (Å²) < 4.78 is 6.89. The minimum atomic E-state index is -0.669. The van der Waals surface area contributed by atoms with E-state index in [-0.39, 0.29) is 5.56 Å². The molecule has 0 unspecified atom stereocenters. The van der Waals surface area contributed by atoms with E-state index >= 15 is 0 Å². The monoisotopic (exact) mass is 300 g/mol. The van der Waals surface area contributed by atoms with Gasteiger partial charge in [-0.05, 0) is 38.5 Å². The van der Waals surface area contributed by atoms with Crippen LogP contribution in [0.3, 0.4) is 0 Å². The van der Waals surface area contributed by atoms with Crippen molar-refractivity contribution in [1.82, 2.24) is 4.57 Å². The third-order valence-electron chi connectivity index (χ3n) is 3.73. The number of benzene rings is 1. The van der Waals surface area contributed by atoms with Gasteiger partial charge in [-0.15, -0.1) is 0 Å². The predicted octanol–water partition coefficient (Wildman–Crippen LogP) is 2.66. The van der Waals surface area contributed by atoms with Crippen molar-refractivity contribution < 1.29 is 4.74 Å². The van der Waals surface area contributed by atoms with Gasteiger partial charge in [-0.1, -0.05) is 29.8 Å². The number of methoxy groups -OCH3 is 1. The Hall–Kier alpha value is -1.91. The zero-order chi connectivity index (χ0) is 16.3. The van der Waals surface area contributed by atoms with E-state index in [1.807, 2.05) is 57.2 Å². The second-order valence-corrected chi connectivity index (χ2v) is 6.17. The fourth-order valence-electron chi connectivity index (χ4n) is 2.45. The van der Waals surface area contributed by atoms with E-state index in [1.165, 1.54) is 5.56 Å². The molecule has 0 aliphatic rings. The molecule has 0 atom stereocenters. The number of pyridine rings is 1. The number of aryl methyl sites for hydroxylation is 1. The van der Waals surface area contributed by atoms with E-state index in [1.54, 1.807) is 11.7 Å². The molecule has 0 aliphatic carbocycles. The lowest BCUT2D eigenvalue weighted by Crippen LogP contribution is -2.38. The van der Waals surface area contributed by atoms with Gasteiger partial charge in [-0.3, -0.25) is 4.79 Å². The van der Waals surface area contributed by atoms with Crippen LogP contribution in [0, 0.1) is 6.92 Å². The molecule has 4 heteroatoms. The SMILES string of the molecule is COCCn1c(-c2ccc(C)cc2)ccc(C(C)(C)N)c1=O. The highest BCUT2D eigenvalue weighted by Crippen LogP contribution is 2.21. The van der Waals surface area contributed by atoms with Crippen LogP contribution in [0.2, 0.25) is 0 Å². The zero-order valence-electron chi connectivity index (χ0n) is 13.7. The van der Waals surface area contributed by atoms with Crippen LogP contribution in [0.15, 0.2) is 41.2 Å². The molecule has 1 heterocycles. The van der Waals surface area contributed by atoms with E-state index in [4.69, 9.17) is 10.5 Å². The third-order valence-corrected chi connectivity index (χ3v) is 3.73. The smallest absolute Gasteiger partial charge is 0.256 e. The van der Waals surface area contributed by atoms with Crippen LogP contribution >= 0.6 is 0 Å². The second kappa shape index (κ2) is 6.46. The molecule has 0 aliphatic heterocycles. The summed E-state index contributed by atoms with van der Waals surface area (Å²) in [5, 5.41) is 0. The summed E-state index contributed by atoms with van der Waals surface area (Å²) in [6.07, 6.45) is 0. The van der Waals surface area contributed by atoms with E-state index < -0.39 is 5.54 Å². The van der Waals surface area contributed by atoms with Crippen LogP contribution < -0.4 is 11.3 Å². The fraction of sp³-hybridized carbons (Fsp3) is 0.389. The highest BCUT2D eigenvalue weighted by molar-refractivity contribution is 5.60. The summed E-state index contributed by atoms with van der Waals surface area (Å²) in [6, 6.07) is 11.9. The molecular weight excluding hydrogens is 276 g/mol. The molecule has 0 saturated carbocycles. The van der Waals surface area contributed by atoms with Crippen molar-refractivity contribution >= 4 is 0 Å². The van der Waals surface area contributed by atoms with Crippen molar-refractivity contribution in [3.05, 3.63) is 57.9 Å². The van der Waals surface area contributed by atoms with E-state index in [0.29, 0.717) is 18.7 Å². The number of ether oxygens (including phenoxy) is 1. The van der Waals surface area contributed by atoms with Crippen molar-refractivity contribution in [3.63, 3.8) is 0 Å². The summed E-state index contributed by atoms with van der Waals surface area (Å²) in [5.41, 5.74) is 9.10. The van der Waals surface area contributed by atoms with Gasteiger partial charge in [0.05, 0.1) is 12.3 Å². The Morgan fingerprint density at radius 3 is 2.32 bits per heavy atom. The molecule has 0 saturated heterocycles. The molecule has 2 N–H and O–H groups in total. The average molecular weight is 300 g/mol. The molecule has 2 rings (SSSR count). The van der Waals surface area contributed by atoms with E-state index in [0.717, 1.165) is 11.3 Å². The van der Waals surface area contributed by atoms with Gasteiger partial charge in [0.15, 0.2) is 0 Å². The lowest BCUT2D eigenvalue weighted by molar-refractivity contribution is 0.186. The summed E-state index contributed by atoms with van der Waals surface area (Å²) in [4.78, 5) is 12.8. The zero-order valence-corrected chi connectivity index (χ0v) is 13.7. The first-order valence-corrected chi connectivity index (χ1v) is 7.44. The highest BCUT2D eigenvalue weighted by atomic mass is 16.5. The third kappa shape index (κ3) is 3.46.